The highest BCUT2D eigenvalue weighted by Crippen LogP contribution is 2.29. The maximum Gasteiger partial charge on any atom is 0.322 e. The average Bonchev–Trinajstić information content (AvgIpc) is 3.17. The van der Waals surface area contributed by atoms with E-state index in [1.807, 2.05) is 35.2 Å². The Bertz CT molecular complexity index is 702. The van der Waals surface area contributed by atoms with E-state index in [0.717, 1.165) is 25.9 Å². The van der Waals surface area contributed by atoms with Gasteiger partial charge in [-0.25, -0.2) is 4.79 Å². The Morgan fingerprint density at radius 1 is 1.35 bits per heavy atom. The van der Waals surface area contributed by atoms with Gasteiger partial charge in [0.1, 0.15) is 5.75 Å². The monoisotopic (exact) mass is 355 g/mol. The first kappa shape index (κ1) is 18.2. The molecule has 1 aromatic heterocycles. The predicted molar refractivity (Wildman–Crippen MR) is 101 cm³/mol. The van der Waals surface area contributed by atoms with Gasteiger partial charge in [0.25, 0.3) is 0 Å². The number of carbonyl (C=O) groups excluding carboxylic acids is 1. The number of anilines is 1. The van der Waals surface area contributed by atoms with E-state index < -0.39 is 0 Å². The Labute approximate surface area is 154 Å². The summed E-state index contributed by atoms with van der Waals surface area (Å²) in [5.41, 5.74) is 0.634. The lowest BCUT2D eigenvalue weighted by Crippen LogP contribution is -2.40. The van der Waals surface area contributed by atoms with Crippen molar-refractivity contribution >= 4 is 11.7 Å². The maximum atomic E-state index is 12.8. The highest BCUT2D eigenvalue weighted by Gasteiger charge is 2.22. The van der Waals surface area contributed by atoms with Crippen LogP contribution in [0.2, 0.25) is 0 Å². The van der Waals surface area contributed by atoms with Crippen molar-refractivity contribution < 1.29 is 14.3 Å². The molecule has 3 rings (SSSR count). The van der Waals surface area contributed by atoms with Crippen molar-refractivity contribution in [1.82, 2.24) is 9.88 Å². The zero-order valence-corrected chi connectivity index (χ0v) is 15.1. The second-order valence-corrected chi connectivity index (χ2v) is 6.30. The Hall–Kier alpha value is -2.60. The average molecular weight is 355 g/mol. The summed E-state index contributed by atoms with van der Waals surface area (Å²) in [6.07, 6.45) is 6.43. The molecule has 6 heteroatoms. The highest BCUT2D eigenvalue weighted by molar-refractivity contribution is 5.91. The minimum atomic E-state index is -0.135. The summed E-state index contributed by atoms with van der Waals surface area (Å²) >= 11 is 0. The van der Waals surface area contributed by atoms with Crippen LogP contribution < -0.4 is 10.1 Å². The summed E-state index contributed by atoms with van der Waals surface area (Å²) in [6, 6.07) is 10.9. The lowest BCUT2D eigenvalue weighted by molar-refractivity contribution is 0.0836. The molecule has 1 saturated heterocycles. The number of ether oxygens (including phenoxy) is 2. The lowest BCUT2D eigenvalue weighted by atomic mass is 10.2. The van der Waals surface area contributed by atoms with Crippen LogP contribution in [-0.2, 0) is 4.74 Å². The van der Waals surface area contributed by atoms with Crippen LogP contribution in [0.4, 0.5) is 10.5 Å². The van der Waals surface area contributed by atoms with Gasteiger partial charge in [0.2, 0.25) is 0 Å². The minimum absolute atomic E-state index is 0.134. The van der Waals surface area contributed by atoms with Crippen LogP contribution in [-0.4, -0.2) is 41.7 Å². The fraction of sp³-hybridized carbons (Fsp3) is 0.400. The Morgan fingerprint density at radius 2 is 2.23 bits per heavy atom. The first-order valence-electron chi connectivity index (χ1n) is 9.10. The second kappa shape index (κ2) is 9.20. The van der Waals surface area contributed by atoms with Gasteiger partial charge >= 0.3 is 6.03 Å². The second-order valence-electron chi connectivity index (χ2n) is 6.30. The molecule has 0 aliphatic carbocycles. The van der Waals surface area contributed by atoms with Gasteiger partial charge in [-0.05, 0) is 43.5 Å². The molecule has 0 unspecified atom stereocenters. The smallest absolute Gasteiger partial charge is 0.322 e. The lowest BCUT2D eigenvalue weighted by Gasteiger charge is -2.25. The number of nitrogens with one attached hydrogen (secondary N) is 1. The van der Waals surface area contributed by atoms with E-state index in [1.165, 1.54) is 0 Å². The standard InChI is InChI=1S/C20H25N3O3/c1-2-12-23(15-17-8-6-13-25-17)20(24)22-18-9-3-4-10-19(18)26-16-7-5-11-21-14-16/h3-5,7,9-11,14,17H,2,6,8,12-13,15H2,1H3,(H,22,24)/t17-/m1/s1. The Morgan fingerprint density at radius 3 is 2.96 bits per heavy atom. The van der Waals surface area contributed by atoms with E-state index in [-0.39, 0.29) is 12.1 Å². The molecule has 1 aliphatic heterocycles. The number of pyridine rings is 1. The van der Waals surface area contributed by atoms with Crippen LogP contribution in [0, 0.1) is 0 Å². The summed E-state index contributed by atoms with van der Waals surface area (Å²) in [5, 5.41) is 2.98. The molecule has 0 radical (unpaired) electrons. The quantitative estimate of drug-likeness (QED) is 0.804. The molecule has 2 heterocycles. The molecular formula is C20H25N3O3. The van der Waals surface area contributed by atoms with Gasteiger partial charge in [0.15, 0.2) is 5.75 Å². The third-order valence-electron chi connectivity index (χ3n) is 4.22. The molecule has 0 spiro atoms. The zero-order valence-electron chi connectivity index (χ0n) is 15.1. The van der Waals surface area contributed by atoms with Crippen LogP contribution in [0.5, 0.6) is 11.5 Å². The summed E-state index contributed by atoms with van der Waals surface area (Å²) < 4.78 is 11.5. The first-order valence-corrected chi connectivity index (χ1v) is 9.10. The van der Waals surface area contributed by atoms with Gasteiger partial charge in [0, 0.05) is 25.9 Å². The molecule has 1 aromatic carbocycles. The molecule has 1 atom stereocenters. The number of amides is 2. The largest absolute Gasteiger partial charge is 0.454 e. The van der Waals surface area contributed by atoms with E-state index in [4.69, 9.17) is 9.47 Å². The van der Waals surface area contributed by atoms with Gasteiger partial charge in [-0.2, -0.15) is 0 Å². The first-order chi connectivity index (χ1) is 12.8. The SMILES string of the molecule is CCCN(C[C@H]1CCCO1)C(=O)Nc1ccccc1Oc1cccnc1. The Balaban J connectivity index is 1.69. The van der Waals surface area contributed by atoms with E-state index in [9.17, 15) is 4.79 Å². The summed E-state index contributed by atoms with van der Waals surface area (Å²) in [4.78, 5) is 18.6. The van der Waals surface area contributed by atoms with Gasteiger partial charge in [-0.1, -0.05) is 19.1 Å². The number of para-hydroxylation sites is 2. The van der Waals surface area contributed by atoms with E-state index in [1.54, 1.807) is 18.5 Å². The number of benzene rings is 1. The molecule has 26 heavy (non-hydrogen) atoms. The van der Waals surface area contributed by atoms with Crippen LogP contribution >= 0.6 is 0 Å². The van der Waals surface area contributed by atoms with Crippen molar-refractivity contribution in [2.75, 3.05) is 25.0 Å². The van der Waals surface area contributed by atoms with Crippen molar-refractivity contribution in [2.45, 2.75) is 32.3 Å². The molecule has 2 aromatic rings. The van der Waals surface area contributed by atoms with Gasteiger partial charge < -0.3 is 19.7 Å². The number of hydrogen-bond acceptors (Lipinski definition) is 4. The number of urea groups is 1. The van der Waals surface area contributed by atoms with Crippen molar-refractivity contribution in [3.63, 3.8) is 0 Å². The van der Waals surface area contributed by atoms with E-state index >= 15 is 0 Å². The minimum Gasteiger partial charge on any atom is -0.454 e. The van der Waals surface area contributed by atoms with Crippen molar-refractivity contribution in [2.24, 2.45) is 0 Å². The predicted octanol–water partition coefficient (Wildman–Crippen LogP) is 4.30. The van der Waals surface area contributed by atoms with Gasteiger partial charge in [0.05, 0.1) is 18.0 Å². The highest BCUT2D eigenvalue weighted by atomic mass is 16.5. The molecule has 0 saturated carbocycles. The normalized spacial score (nSPS) is 16.3. The summed E-state index contributed by atoms with van der Waals surface area (Å²) in [7, 11) is 0. The molecule has 0 bridgehead atoms. The Kier molecular flexibility index (Phi) is 6.44. The number of carbonyl (C=O) groups is 1. The molecule has 1 fully saturated rings. The van der Waals surface area contributed by atoms with E-state index in [0.29, 0.717) is 30.3 Å². The topological polar surface area (TPSA) is 63.7 Å². The fourth-order valence-corrected chi connectivity index (χ4v) is 2.97. The molecule has 1 aliphatic rings. The molecule has 1 N–H and O–H groups in total. The molecule has 6 nitrogen and oxygen atoms in total. The third-order valence-corrected chi connectivity index (χ3v) is 4.22. The summed E-state index contributed by atoms with van der Waals surface area (Å²) in [6.45, 7) is 4.16. The van der Waals surface area contributed by atoms with Crippen LogP contribution in [0.1, 0.15) is 26.2 Å². The van der Waals surface area contributed by atoms with Gasteiger partial charge in [-0.15, -0.1) is 0 Å². The number of aromatic nitrogens is 1. The van der Waals surface area contributed by atoms with Crippen LogP contribution in [0.25, 0.3) is 0 Å². The van der Waals surface area contributed by atoms with Crippen molar-refractivity contribution in [1.29, 1.82) is 0 Å². The zero-order chi connectivity index (χ0) is 18.2. The third kappa shape index (κ3) is 4.95. The summed E-state index contributed by atoms with van der Waals surface area (Å²) in [5.74, 6) is 1.21. The van der Waals surface area contributed by atoms with Crippen molar-refractivity contribution in [3.05, 3.63) is 48.8 Å². The maximum absolute atomic E-state index is 12.8. The van der Waals surface area contributed by atoms with Crippen molar-refractivity contribution in [3.8, 4) is 11.5 Å². The molecular weight excluding hydrogens is 330 g/mol. The fourth-order valence-electron chi connectivity index (χ4n) is 2.97. The number of hydrogen-bond donors (Lipinski definition) is 1. The van der Waals surface area contributed by atoms with Crippen LogP contribution in [0.15, 0.2) is 48.8 Å². The molecule has 2 amide bonds. The van der Waals surface area contributed by atoms with Gasteiger partial charge in [-0.3, -0.25) is 4.98 Å². The van der Waals surface area contributed by atoms with Crippen LogP contribution in [0.3, 0.4) is 0 Å². The number of rotatable bonds is 7. The number of nitrogens with zero attached hydrogens (tertiary/aromatic N) is 2. The molecule has 138 valence electrons. The van der Waals surface area contributed by atoms with E-state index in [2.05, 4.69) is 17.2 Å².